The second-order valence-electron chi connectivity index (χ2n) is 8.29. The number of amides is 1. The van der Waals surface area contributed by atoms with E-state index in [2.05, 4.69) is 24.2 Å². The lowest BCUT2D eigenvalue weighted by atomic mass is 9.70. The largest absolute Gasteiger partial charge is 0.556 e. The van der Waals surface area contributed by atoms with Gasteiger partial charge in [0.2, 0.25) is 0 Å². The van der Waals surface area contributed by atoms with Crippen LogP contribution in [0.1, 0.15) is 25.0 Å². The van der Waals surface area contributed by atoms with Crippen LogP contribution >= 0.6 is 0 Å². The summed E-state index contributed by atoms with van der Waals surface area (Å²) in [6.45, 7) is 4.45. The molecule has 13 heteroatoms. The van der Waals surface area contributed by atoms with E-state index in [-0.39, 0.29) is 24.7 Å². The quantitative estimate of drug-likeness (QED) is 0.204. The van der Waals surface area contributed by atoms with E-state index in [0.717, 1.165) is 11.3 Å². The van der Waals surface area contributed by atoms with Gasteiger partial charge >= 0.3 is 19.5 Å². The standard InChI is InChI=1S/C11H13BNO4.C7H9BNO3.C4H6O2/c1-7(2)11(14)13-9-4-3-8-6-17-12(15,16)10(8)5-9;9-6-2-1-5-4-12-8(10,11)7(5)3-6;1-3(2)4(5)6/h3-5,15-16H,1,6H2,2H3,(H,13,14);1-3,10-11H,4,9H2;1H2,2H3,(H,5,6)/q2*-1;/p+1. The SMILES string of the molecule is C=C(C)C(=O)Nc1ccc2c(c1)[B-](O)(O)OC2.C=C(C)C(=O)O.[NH3+]c1ccc2c(c1)[B-](O)(O)OC2. The molecule has 2 aliphatic rings. The van der Waals surface area contributed by atoms with Gasteiger partial charge in [-0.2, -0.15) is 0 Å². The van der Waals surface area contributed by atoms with Crippen LogP contribution < -0.4 is 22.0 Å². The summed E-state index contributed by atoms with van der Waals surface area (Å²) in [4.78, 5) is 21.0. The van der Waals surface area contributed by atoms with E-state index in [1.54, 1.807) is 31.2 Å². The third-order valence-electron chi connectivity index (χ3n) is 5.12. The summed E-state index contributed by atoms with van der Waals surface area (Å²) in [7, 11) is 0. The van der Waals surface area contributed by atoms with Crippen molar-refractivity contribution in [1.82, 2.24) is 0 Å². The first-order chi connectivity index (χ1) is 16.1. The number of fused-ring (bicyclic) bond motifs is 2. The van der Waals surface area contributed by atoms with Gasteiger partial charge in [0.05, 0.1) is 0 Å². The Morgan fingerprint density at radius 2 is 1.34 bits per heavy atom. The number of benzene rings is 2. The molecule has 0 aliphatic carbocycles. The number of carboxylic acid groups (broad SMARTS) is 1. The maximum Gasteiger partial charge on any atom is 0.405 e. The molecule has 2 aromatic rings. The van der Waals surface area contributed by atoms with Crippen molar-refractivity contribution in [2.75, 3.05) is 5.32 Å². The fourth-order valence-electron chi connectivity index (χ4n) is 3.11. The Kier molecular flexibility index (Phi) is 8.76. The molecule has 1 amide bonds. The molecule has 0 radical (unpaired) electrons. The molecule has 2 aliphatic heterocycles. The van der Waals surface area contributed by atoms with Gasteiger partial charge < -0.3 is 45.6 Å². The number of nitrogens with one attached hydrogen (secondary N) is 1. The van der Waals surface area contributed by atoms with Gasteiger partial charge in [-0.3, -0.25) is 4.79 Å². The number of quaternary nitrogens is 1. The first kappa shape index (κ1) is 28.0. The third kappa shape index (κ3) is 7.34. The monoisotopic (exact) mass is 487 g/mol. The molecule has 0 spiro atoms. The molecule has 0 aromatic heterocycles. The highest BCUT2D eigenvalue weighted by atomic mass is 16.6. The fourth-order valence-corrected chi connectivity index (χ4v) is 3.11. The second kappa shape index (κ2) is 11.0. The Morgan fingerprint density at radius 3 is 1.80 bits per heavy atom. The third-order valence-corrected chi connectivity index (χ3v) is 5.12. The lowest BCUT2D eigenvalue weighted by Gasteiger charge is -2.22. The normalized spacial score (nSPS) is 15.9. The van der Waals surface area contributed by atoms with E-state index >= 15 is 0 Å². The average Bonchev–Trinajstić information content (AvgIpc) is 3.24. The average molecular weight is 487 g/mol. The Hall–Kier alpha value is -3.29. The van der Waals surface area contributed by atoms with Crippen LogP contribution in [0.25, 0.3) is 0 Å². The summed E-state index contributed by atoms with van der Waals surface area (Å²) < 4.78 is 9.67. The molecule has 0 atom stereocenters. The van der Waals surface area contributed by atoms with Crippen molar-refractivity contribution >= 4 is 47.7 Å². The number of aliphatic carboxylic acids is 1. The van der Waals surface area contributed by atoms with Crippen LogP contribution in [0.5, 0.6) is 0 Å². The fraction of sp³-hybridized carbons (Fsp3) is 0.182. The molecule has 0 fully saturated rings. The number of anilines is 1. The van der Waals surface area contributed by atoms with Gasteiger partial charge in [0.25, 0.3) is 5.91 Å². The topological polar surface area (TPSA) is 193 Å². The van der Waals surface area contributed by atoms with Crippen LogP contribution in [0.4, 0.5) is 11.4 Å². The van der Waals surface area contributed by atoms with E-state index < -0.39 is 19.5 Å². The summed E-state index contributed by atoms with van der Waals surface area (Å²) in [6.07, 6.45) is 0. The Bertz CT molecular complexity index is 1150. The summed E-state index contributed by atoms with van der Waals surface area (Å²) >= 11 is 0. The molecule has 0 unspecified atom stereocenters. The number of carboxylic acids is 1. The summed E-state index contributed by atoms with van der Waals surface area (Å²) in [5.74, 6) is -1.24. The van der Waals surface area contributed by atoms with Crippen LogP contribution in [-0.2, 0) is 32.1 Å². The molecule has 2 aromatic carbocycles. The van der Waals surface area contributed by atoms with E-state index in [1.807, 2.05) is 6.07 Å². The van der Waals surface area contributed by atoms with Crippen LogP contribution in [-0.4, -0.2) is 50.6 Å². The molecule has 0 saturated carbocycles. The number of hydrogen-bond donors (Lipinski definition) is 7. The second-order valence-corrected chi connectivity index (χ2v) is 8.29. The molecule has 0 bridgehead atoms. The lowest BCUT2D eigenvalue weighted by Crippen LogP contribution is -2.49. The highest BCUT2D eigenvalue weighted by Gasteiger charge is 2.32. The number of carbonyl (C=O) groups excluding carboxylic acids is 1. The van der Waals surface area contributed by atoms with Gasteiger partial charge in [0.15, 0.2) is 0 Å². The number of hydrogen-bond acceptors (Lipinski definition) is 8. The van der Waals surface area contributed by atoms with Gasteiger partial charge in [-0.15, -0.1) is 10.9 Å². The summed E-state index contributed by atoms with van der Waals surface area (Å²) in [5, 5.41) is 48.3. The van der Waals surface area contributed by atoms with Crippen LogP contribution in [0.2, 0.25) is 0 Å². The first-order valence-electron chi connectivity index (χ1n) is 10.5. The maximum absolute atomic E-state index is 11.4. The van der Waals surface area contributed by atoms with Gasteiger partial charge in [0, 0.05) is 30.0 Å². The van der Waals surface area contributed by atoms with Gasteiger partial charge in [-0.25, -0.2) is 4.79 Å². The molecule has 188 valence electrons. The lowest BCUT2D eigenvalue weighted by molar-refractivity contribution is -0.254. The predicted octanol–water partition coefficient (Wildman–Crippen LogP) is -1.27. The number of rotatable bonds is 3. The van der Waals surface area contributed by atoms with Crippen molar-refractivity contribution in [3.05, 3.63) is 71.8 Å². The van der Waals surface area contributed by atoms with Crippen LogP contribution in [0, 0.1) is 0 Å². The molecular formula is C22H29B2N2O9-. The predicted molar refractivity (Wildman–Crippen MR) is 131 cm³/mol. The minimum atomic E-state index is -2.94. The van der Waals surface area contributed by atoms with Crippen molar-refractivity contribution in [2.45, 2.75) is 27.1 Å². The zero-order valence-corrected chi connectivity index (χ0v) is 19.5. The summed E-state index contributed by atoms with van der Waals surface area (Å²) in [6, 6.07) is 10.1. The Balaban J connectivity index is 0.000000209. The Labute approximate surface area is 202 Å². The van der Waals surface area contributed by atoms with Crippen molar-refractivity contribution in [1.29, 1.82) is 0 Å². The van der Waals surface area contributed by atoms with Gasteiger partial charge in [0.1, 0.15) is 5.69 Å². The van der Waals surface area contributed by atoms with Crippen molar-refractivity contribution in [3.63, 3.8) is 0 Å². The van der Waals surface area contributed by atoms with E-state index in [0.29, 0.717) is 27.7 Å². The van der Waals surface area contributed by atoms with Gasteiger partial charge in [-0.05, 0) is 32.0 Å². The molecular weight excluding hydrogens is 458 g/mol. The molecule has 11 nitrogen and oxygen atoms in total. The zero-order valence-electron chi connectivity index (χ0n) is 19.5. The maximum atomic E-state index is 11.4. The van der Waals surface area contributed by atoms with Crippen LogP contribution in [0.3, 0.4) is 0 Å². The molecule has 35 heavy (non-hydrogen) atoms. The van der Waals surface area contributed by atoms with Crippen molar-refractivity contribution in [3.8, 4) is 0 Å². The number of carbonyl (C=O) groups is 2. The minimum Gasteiger partial charge on any atom is -0.556 e. The summed E-state index contributed by atoms with van der Waals surface area (Å²) in [5.41, 5.74) is 7.80. The van der Waals surface area contributed by atoms with E-state index in [9.17, 15) is 29.7 Å². The van der Waals surface area contributed by atoms with Crippen molar-refractivity contribution in [2.24, 2.45) is 0 Å². The molecule has 9 N–H and O–H groups in total. The van der Waals surface area contributed by atoms with Crippen LogP contribution in [0.15, 0.2) is 60.7 Å². The molecule has 0 saturated heterocycles. The smallest absolute Gasteiger partial charge is 0.405 e. The van der Waals surface area contributed by atoms with Gasteiger partial charge in [-0.1, -0.05) is 42.5 Å². The highest BCUT2D eigenvalue weighted by molar-refractivity contribution is 6.74. The zero-order chi connectivity index (χ0) is 26.6. The highest BCUT2D eigenvalue weighted by Crippen LogP contribution is 2.19. The molecule has 4 rings (SSSR count). The minimum absolute atomic E-state index is 0.164. The van der Waals surface area contributed by atoms with Crippen molar-refractivity contribution < 1.29 is 49.8 Å². The molecule has 2 heterocycles. The van der Waals surface area contributed by atoms with E-state index in [4.69, 9.17) is 14.4 Å². The van der Waals surface area contributed by atoms with E-state index in [1.165, 1.54) is 13.0 Å². The first-order valence-corrected chi connectivity index (χ1v) is 10.5. The Morgan fingerprint density at radius 1 is 0.886 bits per heavy atom.